The molecule has 0 aromatic heterocycles. The zero-order valence-corrected chi connectivity index (χ0v) is 17.4. The highest BCUT2D eigenvalue weighted by Crippen LogP contribution is 2.17. The molecule has 4 N–H and O–H groups in total. The van der Waals surface area contributed by atoms with Crippen molar-refractivity contribution in [2.75, 3.05) is 33.0 Å². The molecule has 0 amide bonds. The molecule has 0 saturated carbocycles. The van der Waals surface area contributed by atoms with Gasteiger partial charge in [-0.1, -0.05) is 27.2 Å². The second-order valence-electron chi connectivity index (χ2n) is 7.59. The average Bonchev–Trinajstić information content (AvgIpc) is 2.58. The van der Waals surface area contributed by atoms with Crippen LogP contribution in [0.4, 0.5) is 0 Å². The van der Waals surface area contributed by atoms with Gasteiger partial charge in [-0.25, -0.2) is 0 Å². The maximum Gasteiger partial charge on any atom is 0.168 e. The number of hydrogen-bond acceptors (Lipinski definition) is 6. The van der Waals surface area contributed by atoms with E-state index in [2.05, 4.69) is 45.3 Å². The molecule has 0 aliphatic heterocycles. The SMILES string of the molecule is CCOCC(O)(NC(C)C(C)CC)C(CO)OCCNC(C)(C)CC. The van der Waals surface area contributed by atoms with E-state index in [-0.39, 0.29) is 24.8 Å². The summed E-state index contributed by atoms with van der Waals surface area (Å²) in [6.45, 7) is 15.9. The van der Waals surface area contributed by atoms with Crippen LogP contribution in [0.1, 0.15) is 61.3 Å². The van der Waals surface area contributed by atoms with Crippen LogP contribution in [0.15, 0.2) is 0 Å². The minimum absolute atomic E-state index is 0.0447. The van der Waals surface area contributed by atoms with Crippen molar-refractivity contribution in [1.29, 1.82) is 0 Å². The summed E-state index contributed by atoms with van der Waals surface area (Å²) in [6.07, 6.45) is 1.26. The molecule has 0 aromatic carbocycles. The molecule has 4 unspecified atom stereocenters. The quantitative estimate of drug-likeness (QED) is 0.263. The second-order valence-corrected chi connectivity index (χ2v) is 7.59. The third kappa shape index (κ3) is 9.31. The zero-order chi connectivity index (χ0) is 19.5. The standard InChI is InChI=1S/C19H42N2O4/c1-8-15(4)16(5)21-19(23,14-24-10-3)17(13-22)25-12-11-20-18(6,7)9-2/h15-17,20-23H,8-14H2,1-7H3. The van der Waals surface area contributed by atoms with Gasteiger partial charge in [-0.05, 0) is 40.0 Å². The molecule has 0 saturated heterocycles. The van der Waals surface area contributed by atoms with Gasteiger partial charge in [0.1, 0.15) is 6.10 Å². The van der Waals surface area contributed by atoms with Crippen molar-refractivity contribution in [1.82, 2.24) is 10.6 Å². The van der Waals surface area contributed by atoms with Gasteiger partial charge in [-0.2, -0.15) is 0 Å². The minimum Gasteiger partial charge on any atom is -0.393 e. The van der Waals surface area contributed by atoms with E-state index in [0.717, 1.165) is 12.8 Å². The summed E-state index contributed by atoms with van der Waals surface area (Å²) >= 11 is 0. The molecule has 4 atom stereocenters. The molecular weight excluding hydrogens is 320 g/mol. The molecule has 152 valence electrons. The van der Waals surface area contributed by atoms with Crippen molar-refractivity contribution < 1.29 is 19.7 Å². The Morgan fingerprint density at radius 3 is 2.24 bits per heavy atom. The molecule has 0 rings (SSSR count). The van der Waals surface area contributed by atoms with Crippen molar-refractivity contribution in [2.45, 2.75) is 84.7 Å². The Hall–Kier alpha value is -0.240. The van der Waals surface area contributed by atoms with Gasteiger partial charge in [0.2, 0.25) is 0 Å². The lowest BCUT2D eigenvalue weighted by Gasteiger charge is -2.39. The van der Waals surface area contributed by atoms with E-state index in [9.17, 15) is 10.2 Å². The fraction of sp³-hybridized carbons (Fsp3) is 1.00. The molecule has 6 heteroatoms. The lowest BCUT2D eigenvalue weighted by Crippen LogP contribution is -2.63. The average molecular weight is 363 g/mol. The minimum atomic E-state index is -1.42. The van der Waals surface area contributed by atoms with E-state index in [0.29, 0.717) is 25.7 Å². The van der Waals surface area contributed by atoms with Crippen LogP contribution < -0.4 is 10.6 Å². The normalized spacial score (nSPS) is 18.6. The first kappa shape index (κ1) is 24.8. The van der Waals surface area contributed by atoms with Gasteiger partial charge in [0.15, 0.2) is 5.72 Å². The topological polar surface area (TPSA) is 83.0 Å². The van der Waals surface area contributed by atoms with Crippen LogP contribution in [-0.4, -0.2) is 66.6 Å². The zero-order valence-electron chi connectivity index (χ0n) is 17.4. The monoisotopic (exact) mass is 362 g/mol. The van der Waals surface area contributed by atoms with Crippen molar-refractivity contribution in [2.24, 2.45) is 5.92 Å². The van der Waals surface area contributed by atoms with Gasteiger partial charge in [-0.3, -0.25) is 5.32 Å². The van der Waals surface area contributed by atoms with Gasteiger partial charge in [0.25, 0.3) is 0 Å². The van der Waals surface area contributed by atoms with Gasteiger partial charge in [0, 0.05) is 24.7 Å². The fourth-order valence-corrected chi connectivity index (χ4v) is 2.43. The van der Waals surface area contributed by atoms with Crippen LogP contribution in [-0.2, 0) is 9.47 Å². The summed E-state index contributed by atoms with van der Waals surface area (Å²) < 4.78 is 11.3. The lowest BCUT2D eigenvalue weighted by atomic mass is 9.97. The Kier molecular flexibility index (Phi) is 12.1. The first-order valence-electron chi connectivity index (χ1n) is 9.71. The molecule has 0 aliphatic rings. The number of aliphatic hydroxyl groups is 2. The second kappa shape index (κ2) is 12.2. The third-order valence-electron chi connectivity index (χ3n) is 5.11. The number of aliphatic hydroxyl groups excluding tert-OH is 1. The Labute approximate surface area is 154 Å². The highest BCUT2D eigenvalue weighted by atomic mass is 16.5. The van der Waals surface area contributed by atoms with E-state index in [1.807, 2.05) is 13.8 Å². The smallest absolute Gasteiger partial charge is 0.168 e. The van der Waals surface area contributed by atoms with Crippen LogP contribution in [0.2, 0.25) is 0 Å². The molecule has 0 aromatic rings. The van der Waals surface area contributed by atoms with E-state index in [1.54, 1.807) is 0 Å². The summed E-state index contributed by atoms with van der Waals surface area (Å²) in [5, 5.41) is 27.5. The number of ether oxygens (including phenoxy) is 2. The van der Waals surface area contributed by atoms with E-state index < -0.39 is 11.8 Å². The van der Waals surface area contributed by atoms with E-state index in [1.165, 1.54) is 0 Å². The largest absolute Gasteiger partial charge is 0.393 e. The molecule has 0 spiro atoms. The van der Waals surface area contributed by atoms with Crippen LogP contribution in [0.5, 0.6) is 0 Å². The highest BCUT2D eigenvalue weighted by molar-refractivity contribution is 4.89. The van der Waals surface area contributed by atoms with Crippen molar-refractivity contribution in [3.63, 3.8) is 0 Å². The molecule has 0 aliphatic carbocycles. The van der Waals surface area contributed by atoms with Crippen molar-refractivity contribution in [3.05, 3.63) is 0 Å². The molecule has 0 heterocycles. The van der Waals surface area contributed by atoms with Gasteiger partial charge in [-0.15, -0.1) is 0 Å². The van der Waals surface area contributed by atoms with Crippen molar-refractivity contribution >= 4 is 0 Å². The highest BCUT2D eigenvalue weighted by Gasteiger charge is 2.39. The summed E-state index contributed by atoms with van der Waals surface area (Å²) in [4.78, 5) is 0. The summed E-state index contributed by atoms with van der Waals surface area (Å²) in [5.74, 6) is 0.388. The van der Waals surface area contributed by atoms with Gasteiger partial charge < -0.3 is 25.0 Å². The first-order valence-corrected chi connectivity index (χ1v) is 9.71. The van der Waals surface area contributed by atoms with Crippen LogP contribution >= 0.6 is 0 Å². The maximum atomic E-state index is 11.1. The van der Waals surface area contributed by atoms with Crippen LogP contribution in [0.25, 0.3) is 0 Å². The fourth-order valence-electron chi connectivity index (χ4n) is 2.43. The molecule has 25 heavy (non-hydrogen) atoms. The Morgan fingerprint density at radius 1 is 1.12 bits per heavy atom. The van der Waals surface area contributed by atoms with E-state index >= 15 is 0 Å². The predicted octanol–water partition coefficient (Wildman–Crippen LogP) is 1.89. The predicted molar refractivity (Wildman–Crippen MR) is 103 cm³/mol. The lowest BCUT2D eigenvalue weighted by molar-refractivity contribution is -0.177. The molecule has 6 nitrogen and oxygen atoms in total. The van der Waals surface area contributed by atoms with Crippen LogP contribution in [0.3, 0.4) is 0 Å². The Balaban J connectivity index is 4.81. The Bertz CT molecular complexity index is 341. The summed E-state index contributed by atoms with van der Waals surface area (Å²) in [6, 6.07) is 0.0743. The van der Waals surface area contributed by atoms with Crippen molar-refractivity contribution in [3.8, 4) is 0 Å². The third-order valence-corrected chi connectivity index (χ3v) is 5.11. The summed E-state index contributed by atoms with van der Waals surface area (Å²) in [5.41, 5.74) is -1.38. The van der Waals surface area contributed by atoms with Gasteiger partial charge >= 0.3 is 0 Å². The maximum absolute atomic E-state index is 11.1. The Morgan fingerprint density at radius 2 is 1.76 bits per heavy atom. The summed E-state index contributed by atoms with van der Waals surface area (Å²) in [7, 11) is 0. The molecule has 0 fully saturated rings. The number of hydrogen-bond donors (Lipinski definition) is 4. The number of nitrogens with one attached hydrogen (secondary N) is 2. The molecule has 0 bridgehead atoms. The van der Waals surface area contributed by atoms with Crippen LogP contribution in [0, 0.1) is 5.92 Å². The molecule has 0 radical (unpaired) electrons. The molecular formula is C19H42N2O4. The van der Waals surface area contributed by atoms with E-state index in [4.69, 9.17) is 9.47 Å². The van der Waals surface area contributed by atoms with Gasteiger partial charge in [0.05, 0.1) is 19.8 Å². The first-order chi connectivity index (χ1) is 11.7. The number of rotatable bonds is 15.